The smallest absolute Gasteiger partial charge is 0.223 e. The minimum absolute atomic E-state index is 0.0862. The molecule has 0 aliphatic carbocycles. The van der Waals surface area contributed by atoms with Crippen molar-refractivity contribution in [2.24, 2.45) is 0 Å². The molecule has 160 valence electrons. The number of hydrogen-bond acceptors (Lipinski definition) is 7. The molecule has 5 rings (SSSR count). The Morgan fingerprint density at radius 3 is 2.61 bits per heavy atom. The minimum Gasteiger partial charge on any atom is -0.485 e. The molecule has 0 spiro atoms. The van der Waals surface area contributed by atoms with Gasteiger partial charge in [-0.3, -0.25) is 19.7 Å². The van der Waals surface area contributed by atoms with Crippen LogP contribution in [0, 0.1) is 0 Å². The summed E-state index contributed by atoms with van der Waals surface area (Å²) in [5, 5.41) is 2.05. The van der Waals surface area contributed by atoms with E-state index >= 15 is 0 Å². The van der Waals surface area contributed by atoms with Crippen LogP contribution < -0.4 is 4.74 Å². The third kappa shape index (κ3) is 4.50. The van der Waals surface area contributed by atoms with Gasteiger partial charge in [0.25, 0.3) is 0 Å². The number of nitrogens with zero attached hydrogens (tertiary/aromatic N) is 4. The zero-order valence-electron chi connectivity index (χ0n) is 17.1. The first kappa shape index (κ1) is 19.8. The summed E-state index contributed by atoms with van der Waals surface area (Å²) < 4.78 is 18.4. The van der Waals surface area contributed by atoms with Crippen molar-refractivity contribution in [2.75, 3.05) is 26.3 Å². The van der Waals surface area contributed by atoms with Crippen LogP contribution in [0.4, 0.5) is 0 Å². The lowest BCUT2D eigenvalue weighted by atomic mass is 10.1. The minimum atomic E-state index is -0.204. The highest BCUT2D eigenvalue weighted by Gasteiger charge is 2.39. The summed E-state index contributed by atoms with van der Waals surface area (Å²) in [6, 6.07) is 7.86. The molecule has 1 amide bonds. The number of fused-ring (bicyclic) bond motifs is 2. The van der Waals surface area contributed by atoms with Crippen LogP contribution in [0.5, 0.6) is 5.75 Å². The number of hydrogen-bond donors (Lipinski definition) is 0. The monoisotopic (exact) mass is 420 g/mol. The van der Waals surface area contributed by atoms with Gasteiger partial charge in [0, 0.05) is 61.3 Å². The second-order valence-electron chi connectivity index (χ2n) is 7.83. The predicted octanol–water partition coefficient (Wildman–Crippen LogP) is 2.03. The van der Waals surface area contributed by atoms with E-state index in [1.54, 1.807) is 24.8 Å². The highest BCUT2D eigenvalue weighted by Crippen LogP contribution is 2.27. The van der Waals surface area contributed by atoms with E-state index in [4.69, 9.17) is 14.2 Å². The number of benzene rings is 1. The van der Waals surface area contributed by atoms with Crippen molar-refractivity contribution in [2.45, 2.75) is 31.2 Å². The first-order chi connectivity index (χ1) is 15.3. The normalized spacial score (nSPS) is 21.6. The largest absolute Gasteiger partial charge is 0.485 e. The second-order valence-corrected chi connectivity index (χ2v) is 7.83. The molecule has 0 saturated carbocycles. The van der Waals surface area contributed by atoms with Gasteiger partial charge in [-0.25, -0.2) is 0 Å². The molecule has 2 fully saturated rings. The highest BCUT2D eigenvalue weighted by molar-refractivity contribution is 5.87. The van der Waals surface area contributed by atoms with Crippen LogP contribution in [-0.2, 0) is 20.7 Å². The number of ether oxygens (including phenoxy) is 3. The number of carbonyl (C=O) groups is 1. The number of aromatic nitrogens is 3. The number of pyridine rings is 1. The lowest BCUT2D eigenvalue weighted by molar-refractivity contribution is -0.131. The Balaban J connectivity index is 1.15. The van der Waals surface area contributed by atoms with Crippen molar-refractivity contribution in [3.8, 4) is 5.75 Å². The molecule has 2 aliphatic heterocycles. The summed E-state index contributed by atoms with van der Waals surface area (Å²) in [7, 11) is 0. The fourth-order valence-corrected chi connectivity index (χ4v) is 4.07. The topological polar surface area (TPSA) is 86.7 Å². The van der Waals surface area contributed by atoms with E-state index in [0.717, 1.165) is 22.2 Å². The first-order valence-electron chi connectivity index (χ1n) is 10.5. The molecular weight excluding hydrogens is 396 g/mol. The van der Waals surface area contributed by atoms with Crippen LogP contribution >= 0.6 is 0 Å². The molecule has 0 unspecified atom stereocenters. The van der Waals surface area contributed by atoms with Crippen LogP contribution in [0.15, 0.2) is 55.2 Å². The number of rotatable bonds is 5. The molecule has 0 radical (unpaired) electrons. The molecule has 2 aliphatic rings. The van der Waals surface area contributed by atoms with E-state index in [1.165, 1.54) is 0 Å². The van der Waals surface area contributed by atoms with Gasteiger partial charge in [-0.2, -0.15) is 0 Å². The Kier molecular flexibility index (Phi) is 5.73. The van der Waals surface area contributed by atoms with Gasteiger partial charge in [-0.05, 0) is 18.6 Å². The van der Waals surface area contributed by atoms with Gasteiger partial charge in [0.15, 0.2) is 0 Å². The predicted molar refractivity (Wildman–Crippen MR) is 113 cm³/mol. The molecule has 2 aromatic heterocycles. The SMILES string of the molecule is O=C(CCc1cnccn1)N1C[C@@H]2OCC(Oc3cccc4cnccc34)CO[C@H]2C1. The van der Waals surface area contributed by atoms with Crippen LogP contribution in [0.2, 0.25) is 0 Å². The van der Waals surface area contributed by atoms with Gasteiger partial charge in [0.1, 0.15) is 24.1 Å². The van der Waals surface area contributed by atoms with Gasteiger partial charge in [-0.15, -0.1) is 0 Å². The van der Waals surface area contributed by atoms with Crippen LogP contribution in [0.3, 0.4) is 0 Å². The Labute approximate surface area is 180 Å². The van der Waals surface area contributed by atoms with Crippen molar-refractivity contribution in [3.63, 3.8) is 0 Å². The fourth-order valence-electron chi connectivity index (χ4n) is 4.07. The van der Waals surface area contributed by atoms with Crippen molar-refractivity contribution < 1.29 is 19.0 Å². The lowest BCUT2D eigenvalue weighted by Crippen LogP contribution is -2.33. The van der Waals surface area contributed by atoms with Crippen LogP contribution in [-0.4, -0.2) is 70.4 Å². The maximum atomic E-state index is 12.6. The molecule has 2 atom stereocenters. The fraction of sp³-hybridized carbons (Fsp3) is 0.391. The summed E-state index contributed by atoms with van der Waals surface area (Å²) in [6.45, 7) is 1.92. The van der Waals surface area contributed by atoms with E-state index < -0.39 is 0 Å². The lowest BCUT2D eigenvalue weighted by Gasteiger charge is -2.20. The summed E-state index contributed by atoms with van der Waals surface area (Å²) in [6.07, 6.45) is 9.06. The van der Waals surface area contributed by atoms with Crippen LogP contribution in [0.1, 0.15) is 12.1 Å². The second kappa shape index (κ2) is 8.95. The van der Waals surface area contributed by atoms with E-state index in [0.29, 0.717) is 39.1 Å². The molecular formula is C23H24N4O4. The van der Waals surface area contributed by atoms with Gasteiger partial charge < -0.3 is 19.1 Å². The van der Waals surface area contributed by atoms with E-state index in [2.05, 4.69) is 15.0 Å². The van der Waals surface area contributed by atoms with E-state index in [9.17, 15) is 4.79 Å². The average molecular weight is 420 g/mol. The molecule has 0 N–H and O–H groups in total. The number of carbonyl (C=O) groups excluding carboxylic acids is 1. The van der Waals surface area contributed by atoms with Crippen molar-refractivity contribution in [1.82, 2.24) is 19.9 Å². The molecule has 3 aromatic rings. The standard InChI is InChI=1S/C23H24N4O4/c28-23(5-4-17-11-25-8-9-26-17)27-12-21-22(13-27)30-15-18(14-29-21)31-20-3-1-2-16-10-24-7-6-19(16)20/h1-3,6-11,18,21-22H,4-5,12-15H2/t21-,22-/m0/s1. The molecule has 0 bridgehead atoms. The Hall–Kier alpha value is -3.10. The van der Waals surface area contributed by atoms with Crippen molar-refractivity contribution >= 4 is 16.7 Å². The van der Waals surface area contributed by atoms with Crippen LogP contribution in [0.25, 0.3) is 10.8 Å². The van der Waals surface area contributed by atoms with E-state index in [1.807, 2.05) is 35.4 Å². The van der Waals surface area contributed by atoms with Gasteiger partial charge >= 0.3 is 0 Å². The molecule has 4 heterocycles. The van der Waals surface area contributed by atoms with Crippen molar-refractivity contribution in [3.05, 3.63) is 60.9 Å². The third-order valence-corrected chi connectivity index (χ3v) is 5.71. The Morgan fingerprint density at radius 1 is 1.03 bits per heavy atom. The van der Waals surface area contributed by atoms with Gasteiger partial charge in [0.2, 0.25) is 5.91 Å². The first-order valence-corrected chi connectivity index (χ1v) is 10.5. The average Bonchev–Trinajstić information content (AvgIpc) is 3.14. The third-order valence-electron chi connectivity index (χ3n) is 5.71. The maximum absolute atomic E-state index is 12.6. The maximum Gasteiger partial charge on any atom is 0.223 e. The van der Waals surface area contributed by atoms with Crippen molar-refractivity contribution in [1.29, 1.82) is 0 Å². The molecule has 1 aromatic carbocycles. The molecule has 31 heavy (non-hydrogen) atoms. The summed E-state index contributed by atoms with van der Waals surface area (Å²) in [5.41, 5.74) is 0.820. The molecule has 2 saturated heterocycles. The summed E-state index contributed by atoms with van der Waals surface area (Å²) in [4.78, 5) is 26.9. The molecule has 8 nitrogen and oxygen atoms in total. The Morgan fingerprint density at radius 2 is 1.84 bits per heavy atom. The number of aryl methyl sites for hydroxylation is 1. The van der Waals surface area contributed by atoms with Gasteiger partial charge in [-0.1, -0.05) is 12.1 Å². The molecule has 8 heteroatoms. The summed E-state index contributed by atoms with van der Waals surface area (Å²) in [5.74, 6) is 0.882. The quantitative estimate of drug-likeness (QED) is 0.624. The highest BCUT2D eigenvalue weighted by atomic mass is 16.6. The zero-order chi connectivity index (χ0) is 21.0. The van der Waals surface area contributed by atoms with E-state index in [-0.39, 0.29) is 24.2 Å². The summed E-state index contributed by atoms with van der Waals surface area (Å²) >= 11 is 0. The number of likely N-dealkylation sites (tertiary alicyclic amines) is 1. The number of amides is 1. The zero-order valence-corrected chi connectivity index (χ0v) is 17.1. The van der Waals surface area contributed by atoms with Gasteiger partial charge in [0.05, 0.1) is 18.9 Å². The Bertz CT molecular complexity index is 1030.